The maximum Gasteiger partial charge on any atom is 0.321 e. The van der Waals surface area contributed by atoms with E-state index >= 15 is 0 Å². The molecule has 2 unspecified atom stereocenters. The molecule has 0 bridgehead atoms. The van der Waals surface area contributed by atoms with E-state index in [1.807, 2.05) is 50.2 Å². The van der Waals surface area contributed by atoms with Crippen LogP contribution in [0.2, 0.25) is 0 Å². The molecule has 2 aliphatic heterocycles. The number of hydrogen-bond donors (Lipinski definition) is 3. The first-order valence-corrected chi connectivity index (χ1v) is 12.3. The zero-order valence-electron chi connectivity index (χ0n) is 21.0. The van der Waals surface area contributed by atoms with E-state index in [4.69, 9.17) is 0 Å². The van der Waals surface area contributed by atoms with Crippen LogP contribution in [0.1, 0.15) is 36.5 Å². The number of nitrogens with zero attached hydrogens (tertiary/aromatic N) is 3. The van der Waals surface area contributed by atoms with Gasteiger partial charge in [-0.25, -0.2) is 4.79 Å². The van der Waals surface area contributed by atoms with E-state index in [1.165, 1.54) is 4.90 Å². The van der Waals surface area contributed by atoms with Gasteiger partial charge in [-0.15, -0.1) is 0 Å². The van der Waals surface area contributed by atoms with Gasteiger partial charge in [0.25, 0.3) is 5.91 Å². The first kappa shape index (κ1) is 25.4. The van der Waals surface area contributed by atoms with Crippen LogP contribution in [-0.4, -0.2) is 66.0 Å². The topological polar surface area (TPSA) is 114 Å². The summed E-state index contributed by atoms with van der Waals surface area (Å²) < 4.78 is 0. The van der Waals surface area contributed by atoms with Gasteiger partial charge in [0.05, 0.1) is 5.69 Å². The number of aliphatic hydroxyl groups excluding tert-OH is 1. The summed E-state index contributed by atoms with van der Waals surface area (Å²) in [5.41, 5.74) is 4.38. The number of anilines is 2. The minimum atomic E-state index is -1.19. The third kappa shape index (κ3) is 5.57. The van der Waals surface area contributed by atoms with Gasteiger partial charge in [0.15, 0.2) is 0 Å². The van der Waals surface area contributed by atoms with E-state index in [9.17, 15) is 19.5 Å². The maximum atomic E-state index is 13.8. The molecule has 2 atom stereocenters. The fraction of sp³-hybridized carbons (Fsp3) is 0.407. The summed E-state index contributed by atoms with van der Waals surface area (Å²) in [5, 5.41) is 15.0. The molecule has 0 aliphatic carbocycles. The fourth-order valence-electron chi connectivity index (χ4n) is 4.83. The number of fused-ring (bicyclic) bond motifs is 1. The molecule has 3 N–H and O–H groups in total. The van der Waals surface area contributed by atoms with E-state index in [-0.39, 0.29) is 25.0 Å². The highest BCUT2D eigenvalue weighted by atomic mass is 16.3. The van der Waals surface area contributed by atoms with Crippen molar-refractivity contribution in [2.75, 3.05) is 36.5 Å². The molecule has 9 nitrogen and oxygen atoms in total. The number of benzene rings is 2. The first-order valence-electron chi connectivity index (χ1n) is 12.3. The summed E-state index contributed by atoms with van der Waals surface area (Å²) >= 11 is 0. The minimum Gasteiger partial charge on any atom is -0.396 e. The van der Waals surface area contributed by atoms with Crippen LogP contribution in [0.5, 0.6) is 0 Å². The molecule has 0 spiro atoms. The van der Waals surface area contributed by atoms with Gasteiger partial charge < -0.3 is 20.6 Å². The van der Waals surface area contributed by atoms with Crippen LogP contribution in [0.15, 0.2) is 47.5 Å². The lowest BCUT2D eigenvalue weighted by atomic mass is 9.99. The average molecular weight is 492 g/mol. The highest BCUT2D eigenvalue weighted by molar-refractivity contribution is 6.14. The average Bonchev–Trinajstić information content (AvgIpc) is 2.95. The second-order valence-electron chi connectivity index (χ2n) is 9.51. The Kier molecular flexibility index (Phi) is 7.69. The highest BCUT2D eigenvalue weighted by Crippen LogP contribution is 2.30. The molecule has 2 aromatic carbocycles. The van der Waals surface area contributed by atoms with Gasteiger partial charge in [0.2, 0.25) is 12.1 Å². The number of carbonyl (C=O) groups excluding carboxylic acids is 3. The van der Waals surface area contributed by atoms with Crippen LogP contribution in [0.4, 0.5) is 16.2 Å². The Morgan fingerprint density at radius 1 is 1.14 bits per heavy atom. The van der Waals surface area contributed by atoms with Crippen LogP contribution >= 0.6 is 0 Å². The Morgan fingerprint density at radius 2 is 1.92 bits per heavy atom. The Labute approximate surface area is 211 Å². The number of para-hydroxylation sites is 1. The summed E-state index contributed by atoms with van der Waals surface area (Å²) in [6.45, 7) is 6.52. The van der Waals surface area contributed by atoms with Crippen molar-refractivity contribution < 1.29 is 19.5 Å². The van der Waals surface area contributed by atoms with Crippen LogP contribution < -0.4 is 15.5 Å². The molecule has 4 amide bonds. The number of rotatable bonds is 5. The lowest BCUT2D eigenvalue weighted by Crippen LogP contribution is -2.52. The predicted molar refractivity (Wildman–Crippen MR) is 139 cm³/mol. The number of aliphatic hydroxyl groups is 1. The van der Waals surface area contributed by atoms with Crippen molar-refractivity contribution >= 4 is 34.9 Å². The number of amides is 4. The second-order valence-corrected chi connectivity index (χ2v) is 9.51. The first-order chi connectivity index (χ1) is 17.3. The molecule has 2 heterocycles. The van der Waals surface area contributed by atoms with E-state index in [0.717, 1.165) is 29.5 Å². The van der Waals surface area contributed by atoms with Crippen LogP contribution in [0.25, 0.3) is 0 Å². The SMILES string of the molecule is CC1=NC(NC(=O)Nc2cccc(C)c2)C(=O)N(CC(=O)N2CCCC(CO)C2)c2c(C)cccc21. The number of aliphatic imine (C=N–C) groups is 1. The normalized spacial score (nSPS) is 19.8. The summed E-state index contributed by atoms with van der Waals surface area (Å²) in [6.07, 6.45) is 0.493. The summed E-state index contributed by atoms with van der Waals surface area (Å²) in [7, 11) is 0. The molecular weight excluding hydrogens is 458 g/mol. The molecule has 190 valence electrons. The molecule has 4 rings (SSSR count). The van der Waals surface area contributed by atoms with E-state index in [1.54, 1.807) is 17.9 Å². The van der Waals surface area contributed by atoms with Crippen molar-refractivity contribution in [2.45, 2.75) is 39.8 Å². The molecule has 0 aromatic heterocycles. The van der Waals surface area contributed by atoms with Crippen molar-refractivity contribution in [2.24, 2.45) is 10.9 Å². The third-order valence-corrected chi connectivity index (χ3v) is 6.69. The molecule has 1 fully saturated rings. The Hall–Kier alpha value is -3.72. The minimum absolute atomic E-state index is 0.0312. The number of benzodiazepines with no additional fused rings is 1. The Balaban J connectivity index is 1.59. The van der Waals surface area contributed by atoms with Gasteiger partial charge in [-0.1, -0.05) is 30.3 Å². The Bertz CT molecular complexity index is 1190. The van der Waals surface area contributed by atoms with Crippen molar-refractivity contribution in [3.8, 4) is 0 Å². The highest BCUT2D eigenvalue weighted by Gasteiger charge is 2.35. The lowest BCUT2D eigenvalue weighted by Gasteiger charge is -2.34. The smallest absolute Gasteiger partial charge is 0.321 e. The van der Waals surface area contributed by atoms with Crippen molar-refractivity contribution in [3.05, 3.63) is 59.2 Å². The third-order valence-electron chi connectivity index (χ3n) is 6.69. The van der Waals surface area contributed by atoms with E-state index in [2.05, 4.69) is 15.6 Å². The van der Waals surface area contributed by atoms with Gasteiger partial charge >= 0.3 is 6.03 Å². The number of piperidine rings is 1. The number of carbonyl (C=O) groups is 3. The van der Waals surface area contributed by atoms with Crippen LogP contribution in [0, 0.1) is 19.8 Å². The molecular formula is C27H33N5O4. The zero-order chi connectivity index (χ0) is 25.8. The summed E-state index contributed by atoms with van der Waals surface area (Å²) in [6, 6.07) is 12.4. The van der Waals surface area contributed by atoms with E-state index in [0.29, 0.717) is 30.2 Å². The standard InChI is InChI=1S/C27H33N5O4/c1-17-7-4-10-21(13-17)29-27(36)30-25-26(35)32(15-23(34)31-12-6-9-20(14-31)16-33)24-18(2)8-5-11-22(24)19(3)28-25/h4-5,7-8,10-11,13,20,25,33H,6,9,12,14-16H2,1-3H3,(H2,29,30,36). The Morgan fingerprint density at radius 3 is 2.67 bits per heavy atom. The van der Waals surface area contributed by atoms with Crippen LogP contribution in [0.3, 0.4) is 0 Å². The fourth-order valence-corrected chi connectivity index (χ4v) is 4.83. The zero-order valence-corrected chi connectivity index (χ0v) is 21.0. The number of urea groups is 1. The largest absolute Gasteiger partial charge is 0.396 e. The molecule has 36 heavy (non-hydrogen) atoms. The molecule has 9 heteroatoms. The molecule has 0 saturated carbocycles. The molecule has 1 saturated heterocycles. The number of likely N-dealkylation sites (tertiary alicyclic amines) is 1. The number of hydrogen-bond acceptors (Lipinski definition) is 5. The summed E-state index contributed by atoms with van der Waals surface area (Å²) in [4.78, 5) is 47.5. The van der Waals surface area contributed by atoms with Gasteiger partial charge in [-0.2, -0.15) is 0 Å². The van der Waals surface area contributed by atoms with Gasteiger partial charge in [0.1, 0.15) is 6.54 Å². The lowest BCUT2D eigenvalue weighted by molar-refractivity contribution is -0.133. The molecule has 2 aliphatic rings. The van der Waals surface area contributed by atoms with Crippen molar-refractivity contribution in [1.82, 2.24) is 10.2 Å². The van der Waals surface area contributed by atoms with Crippen molar-refractivity contribution in [1.29, 1.82) is 0 Å². The molecule has 0 radical (unpaired) electrons. The quantitative estimate of drug-likeness (QED) is 0.597. The van der Waals surface area contributed by atoms with Crippen molar-refractivity contribution in [3.63, 3.8) is 0 Å². The number of aryl methyl sites for hydroxylation is 2. The monoisotopic (exact) mass is 491 g/mol. The van der Waals surface area contributed by atoms with E-state index < -0.39 is 18.1 Å². The summed E-state index contributed by atoms with van der Waals surface area (Å²) in [5.74, 6) is -0.633. The number of nitrogens with one attached hydrogen (secondary N) is 2. The van der Waals surface area contributed by atoms with Gasteiger partial charge in [-0.05, 0) is 62.8 Å². The predicted octanol–water partition coefficient (Wildman–Crippen LogP) is 2.84. The maximum absolute atomic E-state index is 13.8. The van der Waals surface area contributed by atoms with Gasteiger partial charge in [0, 0.05) is 36.7 Å². The van der Waals surface area contributed by atoms with Crippen LogP contribution in [-0.2, 0) is 9.59 Å². The molecule has 2 aromatic rings. The van der Waals surface area contributed by atoms with Gasteiger partial charge in [-0.3, -0.25) is 19.5 Å². The second kappa shape index (κ2) is 10.9.